The second-order valence-electron chi connectivity index (χ2n) is 13.2. The van der Waals surface area contributed by atoms with Gasteiger partial charge >= 0.3 is 0 Å². The zero-order valence-corrected chi connectivity index (χ0v) is 28.6. The van der Waals surface area contributed by atoms with Crippen LogP contribution in [-0.4, -0.2) is 15.0 Å². The summed E-state index contributed by atoms with van der Waals surface area (Å²) >= 11 is 0. The third kappa shape index (κ3) is 5.54. The Morgan fingerprint density at radius 3 is 1.53 bits per heavy atom. The predicted molar refractivity (Wildman–Crippen MR) is 217 cm³/mol. The summed E-state index contributed by atoms with van der Waals surface area (Å²) in [7, 11) is 0. The molecule has 8 aromatic carbocycles. The summed E-state index contributed by atoms with van der Waals surface area (Å²) in [5.74, 6) is 1.83. The first-order valence-electron chi connectivity index (χ1n) is 17.8. The Hall–Kier alpha value is -7.17. The predicted octanol–water partition coefficient (Wildman–Crippen LogP) is 12.9. The molecular weight excluding hydrogens is 647 g/mol. The van der Waals surface area contributed by atoms with Crippen molar-refractivity contribution in [3.8, 4) is 67.5 Å². The lowest BCUT2D eigenvalue weighted by Crippen LogP contribution is -2.00. The monoisotopic (exact) mass is 677 g/mol. The zero-order valence-electron chi connectivity index (χ0n) is 28.6. The normalized spacial score (nSPS) is 11.4. The van der Waals surface area contributed by atoms with E-state index in [0.29, 0.717) is 17.5 Å². The summed E-state index contributed by atoms with van der Waals surface area (Å²) in [5.41, 5.74) is 11.2. The highest BCUT2D eigenvalue weighted by molar-refractivity contribution is 6.15. The van der Waals surface area contributed by atoms with Crippen LogP contribution in [0.25, 0.3) is 100 Å². The number of furan rings is 1. The van der Waals surface area contributed by atoms with E-state index in [-0.39, 0.29) is 0 Å². The minimum absolute atomic E-state index is 0.596. The number of benzene rings is 8. The van der Waals surface area contributed by atoms with Gasteiger partial charge in [-0.25, -0.2) is 15.0 Å². The molecule has 4 nitrogen and oxygen atoms in total. The summed E-state index contributed by atoms with van der Waals surface area (Å²) in [4.78, 5) is 15.2. The Morgan fingerprint density at radius 2 is 0.774 bits per heavy atom. The Morgan fingerprint density at radius 1 is 0.302 bits per heavy atom. The van der Waals surface area contributed by atoms with Gasteiger partial charge < -0.3 is 4.42 Å². The molecule has 10 rings (SSSR count). The van der Waals surface area contributed by atoms with Gasteiger partial charge in [0, 0.05) is 33.0 Å². The molecule has 0 bridgehead atoms. The van der Waals surface area contributed by atoms with E-state index in [1.54, 1.807) is 0 Å². The van der Waals surface area contributed by atoms with Crippen molar-refractivity contribution in [1.82, 2.24) is 15.0 Å². The second kappa shape index (κ2) is 12.9. The molecule has 248 valence electrons. The first-order chi connectivity index (χ1) is 26.3. The molecule has 0 atom stereocenters. The molecule has 0 aliphatic carbocycles. The zero-order chi connectivity index (χ0) is 35.1. The van der Waals surface area contributed by atoms with Gasteiger partial charge in [-0.1, -0.05) is 182 Å². The largest absolute Gasteiger partial charge is 0.455 e. The van der Waals surface area contributed by atoms with Crippen molar-refractivity contribution >= 4 is 32.7 Å². The number of fused-ring (bicyclic) bond motifs is 4. The minimum atomic E-state index is 0.596. The minimum Gasteiger partial charge on any atom is -0.455 e. The van der Waals surface area contributed by atoms with Gasteiger partial charge in [0.25, 0.3) is 0 Å². The molecule has 10 aromatic rings. The maximum absolute atomic E-state index is 6.69. The lowest BCUT2D eigenvalue weighted by molar-refractivity contribution is 0.670. The van der Waals surface area contributed by atoms with E-state index in [2.05, 4.69) is 140 Å². The summed E-state index contributed by atoms with van der Waals surface area (Å²) in [6.07, 6.45) is 0. The van der Waals surface area contributed by atoms with Crippen LogP contribution in [-0.2, 0) is 0 Å². The average molecular weight is 678 g/mol. The van der Waals surface area contributed by atoms with Gasteiger partial charge in [-0.15, -0.1) is 0 Å². The van der Waals surface area contributed by atoms with Gasteiger partial charge in [-0.3, -0.25) is 0 Å². The van der Waals surface area contributed by atoms with Crippen LogP contribution in [0.2, 0.25) is 0 Å². The van der Waals surface area contributed by atoms with Crippen molar-refractivity contribution in [3.05, 3.63) is 188 Å². The molecule has 0 saturated heterocycles. The Kier molecular flexibility index (Phi) is 7.43. The van der Waals surface area contributed by atoms with E-state index in [1.165, 1.54) is 27.5 Å². The van der Waals surface area contributed by atoms with E-state index < -0.39 is 0 Å². The molecule has 2 heterocycles. The van der Waals surface area contributed by atoms with E-state index in [1.807, 2.05) is 48.5 Å². The van der Waals surface area contributed by atoms with Crippen LogP contribution < -0.4 is 0 Å². The van der Waals surface area contributed by atoms with Crippen LogP contribution in [0.1, 0.15) is 0 Å². The smallest absolute Gasteiger partial charge is 0.164 e. The van der Waals surface area contributed by atoms with Gasteiger partial charge in [-0.05, 0) is 44.7 Å². The maximum Gasteiger partial charge on any atom is 0.164 e. The quantitative estimate of drug-likeness (QED) is 0.176. The SMILES string of the molecule is c1ccc(-c2ccc(-c3nc(-c4ccccc4)nc(-c4cccc5oc6c(-c7ccc(-c8cccc9ccccc89)cc7)cccc6c45)n3)cc2)cc1. The summed E-state index contributed by atoms with van der Waals surface area (Å²) in [6.45, 7) is 0. The number of hydrogen-bond acceptors (Lipinski definition) is 4. The molecule has 4 heteroatoms. The molecule has 0 fully saturated rings. The number of hydrogen-bond donors (Lipinski definition) is 0. The van der Waals surface area contributed by atoms with Crippen LogP contribution in [0.5, 0.6) is 0 Å². The number of rotatable bonds is 6. The second-order valence-corrected chi connectivity index (χ2v) is 13.2. The molecule has 0 saturated carbocycles. The van der Waals surface area contributed by atoms with Crippen molar-refractivity contribution in [2.45, 2.75) is 0 Å². The first-order valence-corrected chi connectivity index (χ1v) is 17.8. The molecule has 0 aliphatic rings. The summed E-state index contributed by atoms with van der Waals surface area (Å²) in [5, 5.41) is 4.48. The molecule has 53 heavy (non-hydrogen) atoms. The molecule has 2 aromatic heterocycles. The molecule has 0 radical (unpaired) electrons. The van der Waals surface area contributed by atoms with Gasteiger partial charge in [0.2, 0.25) is 0 Å². The van der Waals surface area contributed by atoms with Crippen LogP contribution in [0.3, 0.4) is 0 Å². The molecule has 0 N–H and O–H groups in total. The third-order valence-corrected chi connectivity index (χ3v) is 9.98. The Balaban J connectivity index is 1.09. The maximum atomic E-state index is 6.69. The molecule has 0 unspecified atom stereocenters. The van der Waals surface area contributed by atoms with E-state index in [9.17, 15) is 0 Å². The third-order valence-electron chi connectivity index (χ3n) is 9.98. The van der Waals surface area contributed by atoms with Crippen LogP contribution >= 0.6 is 0 Å². The fourth-order valence-electron chi connectivity index (χ4n) is 7.35. The van der Waals surface area contributed by atoms with Gasteiger partial charge in [-0.2, -0.15) is 0 Å². The van der Waals surface area contributed by atoms with Crippen LogP contribution in [0, 0.1) is 0 Å². The highest BCUT2D eigenvalue weighted by atomic mass is 16.3. The van der Waals surface area contributed by atoms with Crippen molar-refractivity contribution in [2.24, 2.45) is 0 Å². The standard InChI is InChI=1S/C49H31N3O/c1-3-12-32(13-4-1)33-24-30-38(31-25-33)48-50-47(37-15-5-2-6-16-37)51-49(52-48)43-22-11-23-44-45(43)42-21-10-20-41(46(42)53-44)36-28-26-35(27-29-36)40-19-9-17-34-14-7-8-18-39(34)40/h1-31H. The van der Waals surface area contributed by atoms with Gasteiger partial charge in [0.15, 0.2) is 17.5 Å². The molecule has 0 aliphatic heterocycles. The number of para-hydroxylation sites is 1. The van der Waals surface area contributed by atoms with Crippen molar-refractivity contribution in [3.63, 3.8) is 0 Å². The van der Waals surface area contributed by atoms with Crippen LogP contribution in [0.15, 0.2) is 192 Å². The Labute approximate surface area is 306 Å². The summed E-state index contributed by atoms with van der Waals surface area (Å²) in [6, 6.07) is 65.1. The lowest BCUT2D eigenvalue weighted by Gasteiger charge is -2.10. The number of aromatic nitrogens is 3. The fourth-order valence-corrected chi connectivity index (χ4v) is 7.35. The van der Waals surface area contributed by atoms with Gasteiger partial charge in [0.1, 0.15) is 11.2 Å². The topological polar surface area (TPSA) is 51.8 Å². The summed E-state index contributed by atoms with van der Waals surface area (Å²) < 4.78 is 6.69. The lowest BCUT2D eigenvalue weighted by atomic mass is 9.95. The van der Waals surface area contributed by atoms with E-state index in [0.717, 1.165) is 55.3 Å². The first kappa shape index (κ1) is 30.6. The average Bonchev–Trinajstić information content (AvgIpc) is 3.63. The van der Waals surface area contributed by atoms with E-state index >= 15 is 0 Å². The van der Waals surface area contributed by atoms with Crippen molar-refractivity contribution < 1.29 is 4.42 Å². The highest BCUT2D eigenvalue weighted by Crippen LogP contribution is 2.41. The fraction of sp³-hybridized carbons (Fsp3) is 0. The molecule has 0 spiro atoms. The van der Waals surface area contributed by atoms with Crippen molar-refractivity contribution in [1.29, 1.82) is 0 Å². The van der Waals surface area contributed by atoms with Gasteiger partial charge in [0.05, 0.1) is 0 Å². The van der Waals surface area contributed by atoms with Crippen molar-refractivity contribution in [2.75, 3.05) is 0 Å². The molecular formula is C49H31N3O. The Bertz CT molecular complexity index is 2910. The van der Waals surface area contributed by atoms with E-state index in [4.69, 9.17) is 19.4 Å². The number of nitrogens with zero attached hydrogens (tertiary/aromatic N) is 3. The van der Waals surface area contributed by atoms with Crippen LogP contribution in [0.4, 0.5) is 0 Å². The molecule has 0 amide bonds. The highest BCUT2D eigenvalue weighted by Gasteiger charge is 2.19.